The van der Waals surface area contributed by atoms with Gasteiger partial charge in [0.15, 0.2) is 34.5 Å². The fourth-order valence-corrected chi connectivity index (χ4v) is 11.3. The van der Waals surface area contributed by atoms with Gasteiger partial charge in [-0.2, -0.15) is 10.2 Å². The molecule has 14 heteroatoms. The lowest BCUT2D eigenvalue weighted by atomic mass is 10.1. The number of ether oxygens (including phenoxy) is 12. The van der Waals surface area contributed by atoms with Crippen molar-refractivity contribution in [2.75, 3.05) is 79.3 Å². The van der Waals surface area contributed by atoms with Gasteiger partial charge >= 0.3 is 0 Å². The van der Waals surface area contributed by atoms with Gasteiger partial charge in [-0.3, -0.25) is 0 Å². The first-order valence-corrected chi connectivity index (χ1v) is 37.5. The van der Waals surface area contributed by atoms with Crippen molar-refractivity contribution >= 4 is 11.4 Å². The second-order valence-corrected chi connectivity index (χ2v) is 25.4. The number of unbranched alkanes of at least 4 members (excludes halogenated alkanes) is 28. The number of benzene rings is 5. The molecule has 6 rings (SSSR count). The van der Waals surface area contributed by atoms with E-state index < -0.39 is 0 Å². The predicted molar refractivity (Wildman–Crippen MR) is 385 cm³/mol. The van der Waals surface area contributed by atoms with E-state index >= 15 is 0 Å². The zero-order valence-corrected chi connectivity index (χ0v) is 59.3. The maximum absolute atomic E-state index is 6.68. The van der Waals surface area contributed by atoms with Crippen LogP contribution in [0.1, 0.15) is 250 Å². The summed E-state index contributed by atoms with van der Waals surface area (Å²) in [5.74, 6) is 6.28. The normalized spacial score (nSPS) is 13.1. The van der Waals surface area contributed by atoms with E-state index in [-0.39, 0.29) is 6.61 Å². The molecule has 0 N–H and O–H groups in total. The first-order valence-electron chi connectivity index (χ1n) is 37.5. The Kier molecular flexibility index (Phi) is 42.6. The summed E-state index contributed by atoms with van der Waals surface area (Å²) in [6.07, 6.45) is 39.9. The monoisotopic (exact) mass is 1310 g/mol. The standard InChI is InChI=1S/C81H122N2O12/c1-5-9-13-17-21-25-29-33-47-87-76-44-37-68(61-79(76)89-49-35-31-27-23-19-15-11-7-3)65-94-74-59-70(67-93-73-42-39-71(40-43-73)82-83-72-41-46-78-81(63-72)92-58-56-86-54-52-84-51-53-85-55-57-91-78)60-75(64-74)95-66-69-38-45-77(88-48-34-30-26-22-18-14-10-6-2)80(62-69)90-50-36-32-28-24-20-16-12-8-4/h37-46,59-64H,5-36,47-58,65-67H2,1-4H3. The Balaban J connectivity index is 1.15. The number of nitrogens with zero attached hydrogens (tertiary/aromatic N) is 2. The van der Waals surface area contributed by atoms with Crippen LogP contribution in [0, 0.1) is 0 Å². The minimum atomic E-state index is 0.264. The van der Waals surface area contributed by atoms with E-state index in [9.17, 15) is 0 Å². The molecule has 0 saturated heterocycles. The van der Waals surface area contributed by atoms with Crippen LogP contribution in [0.3, 0.4) is 0 Å². The SMILES string of the molecule is CCCCCCCCCCOc1ccc(COc2cc(COc3ccc(N=Nc4ccc5c(c4)OCCOCCOCCOCCO5)cc3)cc(OCc3ccc(OCCCCCCCCCC)c(OCCCCCCCCCC)c3)c2)cc1OCCCCCCCCCC. The molecular formula is C81H122N2O12. The van der Waals surface area contributed by atoms with Crippen molar-refractivity contribution in [1.82, 2.24) is 0 Å². The second-order valence-electron chi connectivity index (χ2n) is 25.4. The molecule has 0 amide bonds. The molecule has 0 aromatic heterocycles. The average Bonchev–Trinajstić information content (AvgIpc) is 1.75. The lowest BCUT2D eigenvalue weighted by Gasteiger charge is -2.17. The number of rotatable bonds is 51. The first-order chi connectivity index (χ1) is 47.0. The van der Waals surface area contributed by atoms with E-state index in [1.165, 1.54) is 167 Å². The fourth-order valence-electron chi connectivity index (χ4n) is 11.3. The van der Waals surface area contributed by atoms with E-state index in [0.29, 0.717) is 133 Å². The number of azo groups is 1. The van der Waals surface area contributed by atoms with Gasteiger partial charge < -0.3 is 56.8 Å². The van der Waals surface area contributed by atoms with Gasteiger partial charge in [-0.15, -0.1) is 0 Å². The van der Waals surface area contributed by atoms with Gasteiger partial charge in [0.05, 0.1) is 77.4 Å². The minimum absolute atomic E-state index is 0.264. The molecule has 0 unspecified atom stereocenters. The summed E-state index contributed by atoms with van der Waals surface area (Å²) in [5, 5.41) is 9.08. The zero-order valence-electron chi connectivity index (χ0n) is 59.3. The first kappa shape index (κ1) is 77.8. The number of hydrogen-bond acceptors (Lipinski definition) is 14. The topological polar surface area (TPSA) is 135 Å². The Hall–Kier alpha value is -6.22. The number of fused-ring (bicyclic) bond motifs is 1. The van der Waals surface area contributed by atoms with E-state index in [1.54, 1.807) is 0 Å². The molecule has 5 aromatic rings. The zero-order chi connectivity index (χ0) is 66.5. The van der Waals surface area contributed by atoms with E-state index in [4.69, 9.17) is 56.8 Å². The highest BCUT2D eigenvalue weighted by molar-refractivity contribution is 5.52. The third-order valence-corrected chi connectivity index (χ3v) is 17.0. The van der Waals surface area contributed by atoms with Crippen molar-refractivity contribution in [2.24, 2.45) is 10.2 Å². The molecule has 0 aliphatic carbocycles. The summed E-state index contributed by atoms with van der Waals surface area (Å²) in [6.45, 7) is 16.2. The van der Waals surface area contributed by atoms with Crippen molar-refractivity contribution in [1.29, 1.82) is 0 Å². The predicted octanol–water partition coefficient (Wildman–Crippen LogP) is 22.7. The van der Waals surface area contributed by atoms with Crippen LogP contribution >= 0.6 is 0 Å². The van der Waals surface area contributed by atoms with Crippen LogP contribution < -0.4 is 42.6 Å². The van der Waals surface area contributed by atoms with Crippen LogP contribution in [-0.2, 0) is 34.0 Å². The van der Waals surface area contributed by atoms with Crippen molar-refractivity contribution in [2.45, 2.75) is 253 Å². The molecule has 0 fully saturated rings. The Labute approximate surface area is 573 Å². The summed E-state index contributed by atoms with van der Waals surface area (Å²) < 4.78 is 74.7. The molecule has 0 radical (unpaired) electrons. The molecular weight excluding hydrogens is 1190 g/mol. The van der Waals surface area contributed by atoms with E-state index in [0.717, 1.165) is 78.2 Å². The highest BCUT2D eigenvalue weighted by atomic mass is 16.6. The van der Waals surface area contributed by atoms with Gasteiger partial charge in [-0.1, -0.05) is 220 Å². The van der Waals surface area contributed by atoms with E-state index in [1.807, 2.05) is 72.8 Å². The Morgan fingerprint density at radius 2 is 0.600 bits per heavy atom. The van der Waals surface area contributed by atoms with Crippen LogP contribution in [0.25, 0.3) is 0 Å². The van der Waals surface area contributed by atoms with Gasteiger partial charge in [0, 0.05) is 12.1 Å². The van der Waals surface area contributed by atoms with Crippen molar-refractivity contribution in [3.63, 3.8) is 0 Å². The Morgan fingerprint density at radius 1 is 0.263 bits per heavy atom. The molecule has 1 aliphatic heterocycles. The summed E-state index contributed by atoms with van der Waals surface area (Å²) in [6, 6.07) is 31.5. The van der Waals surface area contributed by atoms with Gasteiger partial charge in [-0.25, -0.2) is 0 Å². The molecule has 1 heterocycles. The largest absolute Gasteiger partial charge is 0.490 e. The quantitative estimate of drug-likeness (QED) is 0.0271. The molecule has 0 bridgehead atoms. The van der Waals surface area contributed by atoms with Crippen LogP contribution in [0.5, 0.6) is 51.7 Å². The Morgan fingerprint density at radius 3 is 1.02 bits per heavy atom. The molecule has 0 atom stereocenters. The second kappa shape index (κ2) is 52.0. The molecule has 0 saturated carbocycles. The summed E-state index contributed by atoms with van der Waals surface area (Å²) >= 11 is 0. The lowest BCUT2D eigenvalue weighted by molar-refractivity contribution is 0.00708. The van der Waals surface area contributed by atoms with Gasteiger partial charge in [0.1, 0.15) is 50.3 Å². The summed E-state index contributed by atoms with van der Waals surface area (Å²) in [4.78, 5) is 0. The van der Waals surface area contributed by atoms with Crippen LogP contribution in [-0.4, -0.2) is 79.3 Å². The highest BCUT2D eigenvalue weighted by Gasteiger charge is 2.14. The smallest absolute Gasteiger partial charge is 0.163 e. The maximum atomic E-state index is 6.68. The van der Waals surface area contributed by atoms with Crippen LogP contribution in [0.15, 0.2) is 107 Å². The van der Waals surface area contributed by atoms with Crippen molar-refractivity contribution in [3.05, 3.63) is 114 Å². The minimum Gasteiger partial charge on any atom is -0.490 e. The molecule has 0 spiro atoms. The molecule has 5 aromatic carbocycles. The average molecular weight is 1320 g/mol. The highest BCUT2D eigenvalue weighted by Crippen LogP contribution is 2.36. The Bertz CT molecular complexity index is 2630. The van der Waals surface area contributed by atoms with Crippen LogP contribution in [0.4, 0.5) is 11.4 Å². The van der Waals surface area contributed by atoms with Gasteiger partial charge in [0.25, 0.3) is 0 Å². The molecule has 528 valence electrons. The third kappa shape index (κ3) is 35.6. The van der Waals surface area contributed by atoms with Crippen LogP contribution in [0.2, 0.25) is 0 Å². The summed E-state index contributed by atoms with van der Waals surface area (Å²) in [5.41, 5.74) is 4.14. The molecule has 1 aliphatic rings. The molecule has 14 nitrogen and oxygen atoms in total. The van der Waals surface area contributed by atoms with Gasteiger partial charge in [-0.05, 0) is 115 Å². The maximum Gasteiger partial charge on any atom is 0.163 e. The number of hydrogen-bond donors (Lipinski definition) is 0. The van der Waals surface area contributed by atoms with Gasteiger partial charge in [0.2, 0.25) is 0 Å². The summed E-state index contributed by atoms with van der Waals surface area (Å²) in [7, 11) is 0. The molecule has 95 heavy (non-hydrogen) atoms. The van der Waals surface area contributed by atoms with E-state index in [2.05, 4.69) is 62.2 Å². The third-order valence-electron chi connectivity index (χ3n) is 17.0. The fraction of sp³-hybridized carbons (Fsp3) is 0.630. The van der Waals surface area contributed by atoms with Crippen molar-refractivity contribution in [3.8, 4) is 51.7 Å². The lowest BCUT2D eigenvalue weighted by Crippen LogP contribution is -2.13. The van der Waals surface area contributed by atoms with Crippen molar-refractivity contribution < 1.29 is 56.8 Å².